The quantitative estimate of drug-likeness (QED) is 0.907. The van der Waals surface area contributed by atoms with Crippen LogP contribution in [0.15, 0.2) is 29.2 Å². The minimum atomic E-state index is -3.13. The van der Waals surface area contributed by atoms with Crippen LogP contribution in [0.25, 0.3) is 0 Å². The molecule has 1 saturated carbocycles. The van der Waals surface area contributed by atoms with E-state index in [9.17, 15) is 8.42 Å². The Balaban J connectivity index is 1.98. The first-order valence-corrected chi connectivity index (χ1v) is 8.06. The van der Waals surface area contributed by atoms with Gasteiger partial charge in [-0.15, -0.1) is 0 Å². The Morgan fingerprint density at radius 3 is 2.17 bits per heavy atom. The summed E-state index contributed by atoms with van der Waals surface area (Å²) in [6.45, 7) is 0. The summed E-state index contributed by atoms with van der Waals surface area (Å²) in [6, 6.07) is 6.89. The molecule has 0 aliphatic heterocycles. The van der Waals surface area contributed by atoms with Crippen molar-refractivity contribution in [3.05, 3.63) is 24.3 Å². The van der Waals surface area contributed by atoms with Gasteiger partial charge in [-0.3, -0.25) is 0 Å². The lowest BCUT2D eigenvalue weighted by Gasteiger charge is -2.26. The summed E-state index contributed by atoms with van der Waals surface area (Å²) in [5, 5.41) is 0. The minimum Gasteiger partial charge on any atom is -0.490 e. The first kappa shape index (κ1) is 13.4. The van der Waals surface area contributed by atoms with Crippen LogP contribution in [0.5, 0.6) is 5.75 Å². The van der Waals surface area contributed by atoms with Gasteiger partial charge in [0.2, 0.25) is 0 Å². The molecule has 100 valence electrons. The normalized spacial score (nSPS) is 24.8. The van der Waals surface area contributed by atoms with Crippen molar-refractivity contribution >= 4 is 9.84 Å². The van der Waals surface area contributed by atoms with E-state index in [1.54, 1.807) is 24.3 Å². The molecular formula is C13H19NO3S. The Morgan fingerprint density at radius 1 is 1.11 bits per heavy atom. The van der Waals surface area contributed by atoms with Crippen molar-refractivity contribution in [1.82, 2.24) is 0 Å². The van der Waals surface area contributed by atoms with Gasteiger partial charge in [-0.1, -0.05) is 0 Å². The van der Waals surface area contributed by atoms with Gasteiger partial charge >= 0.3 is 0 Å². The van der Waals surface area contributed by atoms with Gasteiger partial charge in [-0.05, 0) is 49.9 Å². The number of hydrogen-bond acceptors (Lipinski definition) is 4. The third-order valence-corrected chi connectivity index (χ3v) is 4.40. The molecule has 1 aliphatic carbocycles. The zero-order valence-electron chi connectivity index (χ0n) is 10.5. The smallest absolute Gasteiger partial charge is 0.175 e. The highest BCUT2D eigenvalue weighted by molar-refractivity contribution is 7.90. The summed E-state index contributed by atoms with van der Waals surface area (Å²) in [4.78, 5) is 0.320. The largest absolute Gasteiger partial charge is 0.490 e. The second-order valence-corrected chi connectivity index (χ2v) is 6.91. The number of hydrogen-bond donors (Lipinski definition) is 1. The van der Waals surface area contributed by atoms with Crippen LogP contribution in [-0.2, 0) is 9.84 Å². The highest BCUT2D eigenvalue weighted by Crippen LogP contribution is 2.23. The maximum absolute atomic E-state index is 11.3. The molecule has 0 amide bonds. The molecular weight excluding hydrogens is 250 g/mol. The summed E-state index contributed by atoms with van der Waals surface area (Å²) < 4.78 is 28.5. The van der Waals surface area contributed by atoms with Crippen LogP contribution in [0.2, 0.25) is 0 Å². The van der Waals surface area contributed by atoms with Crippen LogP contribution in [0.1, 0.15) is 25.7 Å². The highest BCUT2D eigenvalue weighted by atomic mass is 32.2. The van der Waals surface area contributed by atoms with Gasteiger partial charge in [0.05, 0.1) is 11.0 Å². The number of sulfone groups is 1. The van der Waals surface area contributed by atoms with Crippen LogP contribution >= 0.6 is 0 Å². The molecule has 18 heavy (non-hydrogen) atoms. The van der Waals surface area contributed by atoms with Gasteiger partial charge in [-0.25, -0.2) is 8.42 Å². The van der Waals surface area contributed by atoms with Gasteiger partial charge in [-0.2, -0.15) is 0 Å². The number of benzene rings is 1. The van der Waals surface area contributed by atoms with E-state index in [4.69, 9.17) is 10.5 Å². The molecule has 0 bridgehead atoms. The third kappa shape index (κ3) is 3.46. The number of rotatable bonds is 3. The Kier molecular flexibility index (Phi) is 3.92. The fraction of sp³-hybridized carbons (Fsp3) is 0.538. The van der Waals surface area contributed by atoms with E-state index in [1.807, 2.05) is 0 Å². The van der Waals surface area contributed by atoms with Crippen molar-refractivity contribution in [2.45, 2.75) is 42.7 Å². The molecule has 2 rings (SSSR count). The molecule has 0 radical (unpaired) electrons. The highest BCUT2D eigenvalue weighted by Gasteiger charge is 2.19. The van der Waals surface area contributed by atoms with Crippen molar-refractivity contribution in [1.29, 1.82) is 0 Å². The van der Waals surface area contributed by atoms with E-state index < -0.39 is 9.84 Å². The molecule has 0 unspecified atom stereocenters. The summed E-state index contributed by atoms with van der Waals surface area (Å²) >= 11 is 0. The molecule has 0 aromatic heterocycles. The Bertz CT molecular complexity index is 487. The number of nitrogens with two attached hydrogens (primary N) is 1. The third-order valence-electron chi connectivity index (χ3n) is 3.27. The molecule has 1 aromatic carbocycles. The standard InChI is InChI=1S/C13H19NO3S/c1-18(15,16)13-8-6-12(7-9-13)17-11-4-2-10(14)3-5-11/h6-11H,2-5,14H2,1H3/t10-,11-. The zero-order chi connectivity index (χ0) is 13.2. The molecule has 1 fully saturated rings. The van der Waals surface area contributed by atoms with Gasteiger partial charge in [0.25, 0.3) is 0 Å². The molecule has 5 heteroatoms. The van der Waals surface area contributed by atoms with Crippen LogP contribution < -0.4 is 10.5 Å². The molecule has 0 heterocycles. The van der Waals surface area contributed by atoms with E-state index in [0.29, 0.717) is 10.9 Å². The maximum Gasteiger partial charge on any atom is 0.175 e. The first-order valence-electron chi connectivity index (χ1n) is 6.17. The summed E-state index contributed by atoms with van der Waals surface area (Å²) in [5.74, 6) is 0.725. The van der Waals surface area contributed by atoms with E-state index in [-0.39, 0.29) is 6.10 Å². The van der Waals surface area contributed by atoms with E-state index in [1.165, 1.54) is 6.26 Å². The molecule has 4 nitrogen and oxygen atoms in total. The molecule has 1 aliphatic rings. The summed E-state index contributed by atoms with van der Waals surface area (Å²) in [6.07, 6.45) is 5.32. The van der Waals surface area contributed by atoms with Crippen LogP contribution in [-0.4, -0.2) is 26.8 Å². The topological polar surface area (TPSA) is 69.4 Å². The van der Waals surface area contributed by atoms with Gasteiger partial charge in [0.1, 0.15) is 5.75 Å². The summed E-state index contributed by atoms with van der Waals surface area (Å²) in [7, 11) is -3.13. The van der Waals surface area contributed by atoms with E-state index >= 15 is 0 Å². The average molecular weight is 269 g/mol. The Hall–Kier alpha value is -1.07. The lowest BCUT2D eigenvalue weighted by molar-refractivity contribution is 0.147. The monoisotopic (exact) mass is 269 g/mol. The molecule has 0 atom stereocenters. The molecule has 2 N–H and O–H groups in total. The molecule has 1 aromatic rings. The van der Waals surface area contributed by atoms with Gasteiger partial charge in [0, 0.05) is 12.3 Å². The lowest BCUT2D eigenvalue weighted by Crippen LogP contribution is -2.31. The fourth-order valence-electron chi connectivity index (χ4n) is 2.16. The lowest BCUT2D eigenvalue weighted by atomic mass is 9.94. The first-order chi connectivity index (χ1) is 8.45. The van der Waals surface area contributed by atoms with E-state index in [2.05, 4.69) is 0 Å². The summed E-state index contributed by atoms with van der Waals surface area (Å²) in [5.41, 5.74) is 5.84. The fourth-order valence-corrected chi connectivity index (χ4v) is 2.79. The number of ether oxygens (including phenoxy) is 1. The second-order valence-electron chi connectivity index (χ2n) is 4.90. The van der Waals surface area contributed by atoms with Crippen LogP contribution in [0.4, 0.5) is 0 Å². The van der Waals surface area contributed by atoms with Gasteiger partial charge in [0.15, 0.2) is 9.84 Å². The minimum absolute atomic E-state index is 0.203. The van der Waals surface area contributed by atoms with E-state index in [0.717, 1.165) is 31.4 Å². The Labute approximate surface area is 108 Å². The van der Waals surface area contributed by atoms with Gasteiger partial charge < -0.3 is 10.5 Å². The van der Waals surface area contributed by atoms with Crippen molar-refractivity contribution < 1.29 is 13.2 Å². The predicted molar refractivity (Wildman–Crippen MR) is 70.4 cm³/mol. The SMILES string of the molecule is CS(=O)(=O)c1ccc(O[C@H]2CC[C@H](N)CC2)cc1. The van der Waals surface area contributed by atoms with Crippen LogP contribution in [0.3, 0.4) is 0 Å². The van der Waals surface area contributed by atoms with Crippen molar-refractivity contribution in [2.24, 2.45) is 5.73 Å². The average Bonchev–Trinajstić information content (AvgIpc) is 2.32. The molecule has 0 saturated heterocycles. The van der Waals surface area contributed by atoms with Crippen molar-refractivity contribution in [2.75, 3.05) is 6.26 Å². The van der Waals surface area contributed by atoms with Crippen molar-refractivity contribution in [3.63, 3.8) is 0 Å². The zero-order valence-corrected chi connectivity index (χ0v) is 11.3. The Morgan fingerprint density at radius 2 is 1.67 bits per heavy atom. The predicted octanol–water partition coefficient (Wildman–Crippen LogP) is 1.74. The van der Waals surface area contributed by atoms with Crippen LogP contribution in [0, 0.1) is 0 Å². The molecule has 0 spiro atoms. The maximum atomic E-state index is 11.3. The second kappa shape index (κ2) is 5.28. The van der Waals surface area contributed by atoms with Crippen molar-refractivity contribution in [3.8, 4) is 5.75 Å².